The van der Waals surface area contributed by atoms with Gasteiger partial charge in [0.2, 0.25) is 0 Å². The molecule has 3 atom stereocenters. The van der Waals surface area contributed by atoms with Crippen molar-refractivity contribution in [1.29, 1.82) is 0 Å². The molecule has 0 aliphatic heterocycles. The molecule has 3 rings (SSSR count). The van der Waals surface area contributed by atoms with Gasteiger partial charge in [-0.25, -0.2) is 4.98 Å². The first-order chi connectivity index (χ1) is 8.58. The molecule has 18 heavy (non-hydrogen) atoms. The normalized spacial score (nSPS) is 24.4. The van der Waals surface area contributed by atoms with E-state index in [9.17, 15) is 0 Å². The first-order valence-electron chi connectivity index (χ1n) is 6.36. The first kappa shape index (κ1) is 12.3. The topological polar surface area (TPSA) is 17.8 Å². The van der Waals surface area contributed by atoms with Crippen LogP contribution in [0, 0.1) is 11.8 Å². The Morgan fingerprint density at radius 1 is 1.50 bits per heavy atom. The standard InChI is InChI=1S/C14H16Cl2N2/c1-8-6-10(8)7-18-13-11(16)4-3-5-12(13)17-14(18)9(2)15/h3-5,8-10H,6-7H2,1-2H3. The summed E-state index contributed by atoms with van der Waals surface area (Å²) in [6, 6.07) is 5.85. The predicted molar refractivity (Wildman–Crippen MR) is 76.3 cm³/mol. The lowest BCUT2D eigenvalue weighted by molar-refractivity contribution is 0.582. The molecule has 4 heteroatoms. The van der Waals surface area contributed by atoms with E-state index in [1.54, 1.807) is 0 Å². The van der Waals surface area contributed by atoms with Gasteiger partial charge in [0.25, 0.3) is 0 Å². The fraction of sp³-hybridized carbons (Fsp3) is 0.500. The number of nitrogens with zero attached hydrogens (tertiary/aromatic N) is 2. The monoisotopic (exact) mass is 282 g/mol. The third-order valence-electron chi connectivity index (χ3n) is 3.80. The Morgan fingerprint density at radius 3 is 2.83 bits per heavy atom. The van der Waals surface area contributed by atoms with Crippen LogP contribution in [0.5, 0.6) is 0 Å². The second-order valence-corrected chi connectivity index (χ2v) is 6.34. The van der Waals surface area contributed by atoms with E-state index in [1.165, 1.54) is 6.42 Å². The molecule has 0 radical (unpaired) electrons. The molecule has 1 aliphatic carbocycles. The van der Waals surface area contributed by atoms with E-state index in [4.69, 9.17) is 23.2 Å². The zero-order valence-electron chi connectivity index (χ0n) is 10.5. The Hall–Kier alpha value is -0.730. The van der Waals surface area contributed by atoms with Gasteiger partial charge in [-0.15, -0.1) is 11.6 Å². The largest absolute Gasteiger partial charge is 0.325 e. The summed E-state index contributed by atoms with van der Waals surface area (Å²) >= 11 is 12.6. The molecule has 1 aliphatic rings. The molecule has 2 nitrogen and oxygen atoms in total. The lowest BCUT2D eigenvalue weighted by Crippen LogP contribution is -2.06. The van der Waals surface area contributed by atoms with E-state index in [0.717, 1.165) is 40.3 Å². The SMILES string of the molecule is CC(Cl)c1nc2cccc(Cl)c2n1CC1CC1C. The van der Waals surface area contributed by atoms with Gasteiger partial charge in [-0.3, -0.25) is 0 Å². The molecule has 0 amide bonds. The summed E-state index contributed by atoms with van der Waals surface area (Å²) in [5.74, 6) is 2.48. The maximum Gasteiger partial charge on any atom is 0.127 e. The molecule has 2 aromatic rings. The fourth-order valence-electron chi connectivity index (χ4n) is 2.54. The van der Waals surface area contributed by atoms with Crippen LogP contribution in [-0.4, -0.2) is 9.55 Å². The van der Waals surface area contributed by atoms with Crippen molar-refractivity contribution in [3.8, 4) is 0 Å². The molecule has 0 N–H and O–H groups in total. The van der Waals surface area contributed by atoms with Gasteiger partial charge in [0.1, 0.15) is 5.82 Å². The van der Waals surface area contributed by atoms with E-state index < -0.39 is 0 Å². The molecule has 0 bridgehead atoms. The highest BCUT2D eigenvalue weighted by Crippen LogP contribution is 2.41. The highest BCUT2D eigenvalue weighted by Gasteiger charge is 2.34. The number of fused-ring (bicyclic) bond motifs is 1. The zero-order valence-corrected chi connectivity index (χ0v) is 12.0. The molecule has 1 saturated carbocycles. The second kappa shape index (κ2) is 4.43. The molecule has 1 fully saturated rings. The average molecular weight is 283 g/mol. The van der Waals surface area contributed by atoms with Crippen LogP contribution >= 0.6 is 23.2 Å². The van der Waals surface area contributed by atoms with Gasteiger partial charge in [-0.05, 0) is 37.3 Å². The Balaban J connectivity index is 2.14. The molecule has 3 unspecified atom stereocenters. The summed E-state index contributed by atoms with van der Waals surface area (Å²) < 4.78 is 2.21. The number of para-hydroxylation sites is 1. The Bertz CT molecular complexity index is 589. The fourth-order valence-corrected chi connectivity index (χ4v) is 2.97. The molecule has 0 spiro atoms. The van der Waals surface area contributed by atoms with Gasteiger partial charge in [0.05, 0.1) is 21.4 Å². The van der Waals surface area contributed by atoms with Crippen molar-refractivity contribution in [2.45, 2.75) is 32.2 Å². The molecule has 96 valence electrons. The van der Waals surface area contributed by atoms with Crippen molar-refractivity contribution >= 4 is 34.2 Å². The predicted octanol–water partition coefficient (Wildman–Crippen LogP) is 4.65. The average Bonchev–Trinajstić information content (AvgIpc) is 2.87. The van der Waals surface area contributed by atoms with Crippen LogP contribution in [0.4, 0.5) is 0 Å². The van der Waals surface area contributed by atoms with Crippen molar-refractivity contribution in [1.82, 2.24) is 9.55 Å². The van der Waals surface area contributed by atoms with Crippen LogP contribution in [0.3, 0.4) is 0 Å². The second-order valence-electron chi connectivity index (χ2n) is 5.28. The van der Waals surface area contributed by atoms with Crippen LogP contribution in [0.15, 0.2) is 18.2 Å². The molecular formula is C14H16Cl2N2. The van der Waals surface area contributed by atoms with Gasteiger partial charge in [0.15, 0.2) is 0 Å². The van der Waals surface area contributed by atoms with Gasteiger partial charge < -0.3 is 4.57 Å². The Kier molecular flexibility index (Phi) is 3.03. The maximum absolute atomic E-state index is 6.32. The summed E-state index contributed by atoms with van der Waals surface area (Å²) in [7, 11) is 0. The summed E-state index contributed by atoms with van der Waals surface area (Å²) in [4.78, 5) is 4.63. The van der Waals surface area contributed by atoms with Gasteiger partial charge in [-0.1, -0.05) is 24.6 Å². The number of hydrogen-bond donors (Lipinski definition) is 0. The third-order valence-corrected chi connectivity index (χ3v) is 4.30. The zero-order chi connectivity index (χ0) is 12.9. The Morgan fingerprint density at radius 2 is 2.22 bits per heavy atom. The van der Waals surface area contributed by atoms with E-state index in [2.05, 4.69) is 16.5 Å². The smallest absolute Gasteiger partial charge is 0.127 e. The molecule has 1 aromatic carbocycles. The highest BCUT2D eigenvalue weighted by atomic mass is 35.5. The lowest BCUT2D eigenvalue weighted by Gasteiger charge is -2.10. The summed E-state index contributed by atoms with van der Waals surface area (Å²) in [6.07, 6.45) is 1.29. The van der Waals surface area contributed by atoms with E-state index in [1.807, 2.05) is 25.1 Å². The summed E-state index contributed by atoms with van der Waals surface area (Å²) in [5.41, 5.74) is 1.97. The molecular weight excluding hydrogens is 267 g/mol. The first-order valence-corrected chi connectivity index (χ1v) is 7.18. The van der Waals surface area contributed by atoms with E-state index in [0.29, 0.717) is 0 Å². The minimum Gasteiger partial charge on any atom is -0.325 e. The lowest BCUT2D eigenvalue weighted by atomic mass is 10.3. The molecule has 0 saturated heterocycles. The number of alkyl halides is 1. The minimum atomic E-state index is -0.0949. The number of benzene rings is 1. The number of halogens is 2. The number of imidazole rings is 1. The van der Waals surface area contributed by atoms with Crippen molar-refractivity contribution in [3.05, 3.63) is 29.0 Å². The minimum absolute atomic E-state index is 0.0949. The summed E-state index contributed by atoms with van der Waals surface area (Å²) in [5, 5.41) is 0.666. The van der Waals surface area contributed by atoms with Crippen LogP contribution in [0.1, 0.15) is 31.5 Å². The third kappa shape index (κ3) is 2.02. The van der Waals surface area contributed by atoms with Gasteiger partial charge in [-0.2, -0.15) is 0 Å². The number of aromatic nitrogens is 2. The maximum atomic E-state index is 6.32. The van der Waals surface area contributed by atoms with Crippen LogP contribution < -0.4 is 0 Å². The number of rotatable bonds is 3. The van der Waals surface area contributed by atoms with Gasteiger partial charge in [0, 0.05) is 6.54 Å². The van der Waals surface area contributed by atoms with Crippen LogP contribution in [-0.2, 0) is 6.54 Å². The highest BCUT2D eigenvalue weighted by molar-refractivity contribution is 6.35. The van der Waals surface area contributed by atoms with Gasteiger partial charge >= 0.3 is 0 Å². The van der Waals surface area contributed by atoms with Crippen molar-refractivity contribution in [3.63, 3.8) is 0 Å². The van der Waals surface area contributed by atoms with Crippen LogP contribution in [0.2, 0.25) is 5.02 Å². The van der Waals surface area contributed by atoms with Crippen molar-refractivity contribution < 1.29 is 0 Å². The molecule has 1 aromatic heterocycles. The van der Waals surface area contributed by atoms with E-state index in [-0.39, 0.29) is 5.38 Å². The van der Waals surface area contributed by atoms with Crippen molar-refractivity contribution in [2.75, 3.05) is 0 Å². The molecule has 1 heterocycles. The Labute approximate surface area is 117 Å². The summed E-state index contributed by atoms with van der Waals surface area (Å²) in [6.45, 7) is 5.23. The van der Waals surface area contributed by atoms with Crippen LogP contribution in [0.25, 0.3) is 11.0 Å². The van der Waals surface area contributed by atoms with Crippen molar-refractivity contribution in [2.24, 2.45) is 11.8 Å². The quantitative estimate of drug-likeness (QED) is 0.750. The number of hydrogen-bond acceptors (Lipinski definition) is 1. The van der Waals surface area contributed by atoms with E-state index >= 15 is 0 Å².